The maximum absolute atomic E-state index is 2.75. The van der Waals surface area contributed by atoms with Crippen molar-refractivity contribution in [1.29, 1.82) is 0 Å². The zero-order chi connectivity index (χ0) is 54.5. The van der Waals surface area contributed by atoms with Crippen LogP contribution in [0.2, 0.25) is 0 Å². The van der Waals surface area contributed by atoms with E-state index in [2.05, 4.69) is 165 Å². The molecule has 9 rings (SSSR count). The van der Waals surface area contributed by atoms with Gasteiger partial charge in [0.1, 0.15) is 0 Å². The van der Waals surface area contributed by atoms with Gasteiger partial charge < -0.3 is 0 Å². The maximum Gasteiger partial charge on any atom is 0.0215 e. The van der Waals surface area contributed by atoms with E-state index in [0.717, 1.165) is 0 Å². The molecule has 6 aromatic rings. The summed E-state index contributed by atoms with van der Waals surface area (Å²) in [7, 11) is 0. The number of fused-ring (bicyclic) bond motifs is 9. The van der Waals surface area contributed by atoms with Crippen molar-refractivity contribution in [2.75, 3.05) is 0 Å². The first kappa shape index (κ1) is 58.0. The van der Waals surface area contributed by atoms with Crippen LogP contribution in [0, 0.1) is 27.7 Å². The van der Waals surface area contributed by atoms with E-state index in [0.29, 0.717) is 0 Å². The number of unbranched alkanes of at least 4 members (excludes halogenated alkanes) is 20. The Morgan fingerprint density at radius 1 is 0.218 bits per heavy atom. The van der Waals surface area contributed by atoms with E-state index in [1.807, 2.05) is 0 Å². The molecule has 0 aliphatic heterocycles. The normalized spacial score (nSPS) is 16.0. The molecule has 0 amide bonds. The SMILES string of the molecule is CCCCCCCCC1(CCCCCCCC)c2cc(C)ccc2-c2ccc(-c3ccc4c(c3)C(CCCCCCCC)(CCCC3(CCCCCCCC)c5cc(C)ccc5-c5ccc(C)cc53)c3cc(C)ccc3-4)cc21. The maximum atomic E-state index is 2.75. The molecule has 0 N–H and O–H groups in total. The summed E-state index contributed by atoms with van der Waals surface area (Å²) < 4.78 is 0. The highest BCUT2D eigenvalue weighted by molar-refractivity contribution is 5.87. The third-order valence-corrected chi connectivity index (χ3v) is 20.1. The van der Waals surface area contributed by atoms with Crippen LogP contribution in [-0.2, 0) is 16.2 Å². The predicted molar refractivity (Wildman–Crippen MR) is 342 cm³/mol. The van der Waals surface area contributed by atoms with Crippen molar-refractivity contribution in [1.82, 2.24) is 0 Å². The molecule has 3 aliphatic rings. The molecule has 1 unspecified atom stereocenters. The van der Waals surface area contributed by atoms with E-state index in [4.69, 9.17) is 0 Å². The summed E-state index contributed by atoms with van der Waals surface area (Å²) >= 11 is 0. The second-order valence-corrected chi connectivity index (χ2v) is 25.9. The lowest BCUT2D eigenvalue weighted by atomic mass is 9.66. The molecule has 0 fully saturated rings. The third-order valence-electron chi connectivity index (χ3n) is 20.1. The largest absolute Gasteiger partial charge is 0.0654 e. The molecule has 416 valence electrons. The van der Waals surface area contributed by atoms with Gasteiger partial charge in [0.05, 0.1) is 0 Å². The van der Waals surface area contributed by atoms with Gasteiger partial charge in [0.2, 0.25) is 0 Å². The van der Waals surface area contributed by atoms with E-state index in [1.54, 1.807) is 33.4 Å². The van der Waals surface area contributed by atoms with Crippen molar-refractivity contribution in [3.8, 4) is 44.5 Å². The van der Waals surface area contributed by atoms with Gasteiger partial charge in [0.15, 0.2) is 0 Å². The Morgan fingerprint density at radius 3 is 0.679 bits per heavy atom. The third kappa shape index (κ3) is 12.3. The first-order chi connectivity index (χ1) is 38.1. The molecule has 0 heteroatoms. The zero-order valence-electron chi connectivity index (χ0n) is 50.8. The van der Waals surface area contributed by atoms with Gasteiger partial charge >= 0.3 is 0 Å². The summed E-state index contributed by atoms with van der Waals surface area (Å²) in [6, 6.07) is 45.6. The van der Waals surface area contributed by atoms with E-state index in [1.165, 1.54) is 266 Å². The van der Waals surface area contributed by atoms with Crippen LogP contribution in [0.3, 0.4) is 0 Å². The molecule has 0 spiro atoms. The second kappa shape index (κ2) is 27.2. The molecule has 0 heterocycles. The number of rotatable bonds is 33. The van der Waals surface area contributed by atoms with E-state index in [-0.39, 0.29) is 16.2 Å². The standard InChI is InChI=1S/C78H104/c1-9-13-17-21-25-29-46-76(47-30-26-22-18-14-10-2)70-52-58(5)36-42-66(70)68-44-38-62(56-74(68)76)63-39-45-69-67-43-37-61(8)55-73(67)78(75(69)57-63,49-32-28-24-20-16-12-4)51-33-50-77(48-31-27-23-19-15-11-3)71-53-59(6)34-40-64(71)65-41-35-60(7)54-72(65)77/h34-45,52-57H,9-33,46-51H2,1-8H3. The Morgan fingerprint density at radius 2 is 0.423 bits per heavy atom. The highest BCUT2D eigenvalue weighted by Gasteiger charge is 2.47. The molecular formula is C78H104. The lowest BCUT2D eigenvalue weighted by molar-refractivity contribution is 0.354. The molecule has 0 saturated heterocycles. The fourth-order valence-electron chi connectivity index (χ4n) is 15.8. The minimum absolute atomic E-state index is 0.0333. The summed E-state index contributed by atoms with van der Waals surface area (Å²) in [5, 5.41) is 0. The monoisotopic (exact) mass is 1040 g/mol. The molecule has 0 saturated carbocycles. The molecule has 0 nitrogen and oxygen atoms in total. The van der Waals surface area contributed by atoms with E-state index >= 15 is 0 Å². The molecule has 0 radical (unpaired) electrons. The summed E-state index contributed by atoms with van der Waals surface area (Å²) in [6.45, 7) is 18.7. The highest BCUT2D eigenvalue weighted by atomic mass is 14.5. The fourth-order valence-corrected chi connectivity index (χ4v) is 15.8. The minimum atomic E-state index is -0.0356. The van der Waals surface area contributed by atoms with Crippen LogP contribution in [0.5, 0.6) is 0 Å². The number of hydrogen-bond donors (Lipinski definition) is 0. The Kier molecular flexibility index (Phi) is 20.2. The summed E-state index contributed by atoms with van der Waals surface area (Å²) in [5.74, 6) is 0. The van der Waals surface area contributed by atoms with E-state index in [9.17, 15) is 0 Å². The Bertz CT molecular complexity index is 2830. The quantitative estimate of drug-likeness (QED) is 0.0360. The predicted octanol–water partition coefficient (Wildman–Crippen LogP) is 24.3. The lowest BCUT2D eigenvalue weighted by Gasteiger charge is -2.37. The van der Waals surface area contributed by atoms with Crippen LogP contribution < -0.4 is 0 Å². The van der Waals surface area contributed by atoms with Gasteiger partial charge in [-0.1, -0.05) is 308 Å². The molecular weight excluding hydrogens is 937 g/mol. The average Bonchev–Trinajstić information content (AvgIpc) is 3.82. The summed E-state index contributed by atoms with van der Waals surface area (Å²) in [4.78, 5) is 0. The van der Waals surface area contributed by atoms with E-state index < -0.39 is 0 Å². The number of aryl methyl sites for hydroxylation is 4. The van der Waals surface area contributed by atoms with Crippen molar-refractivity contribution < 1.29 is 0 Å². The fraction of sp³-hybridized carbons (Fsp3) is 0.538. The summed E-state index contributed by atoms with van der Waals surface area (Å²) in [5.41, 5.74) is 27.2. The van der Waals surface area contributed by atoms with Crippen LogP contribution in [0.1, 0.15) is 282 Å². The smallest absolute Gasteiger partial charge is 0.0215 e. The zero-order valence-corrected chi connectivity index (χ0v) is 50.8. The molecule has 1 atom stereocenters. The van der Waals surface area contributed by atoms with Gasteiger partial charge in [-0.3, -0.25) is 0 Å². The Labute approximate surface area is 477 Å². The molecule has 6 aromatic carbocycles. The Hall–Kier alpha value is -4.68. The van der Waals surface area contributed by atoms with Crippen molar-refractivity contribution in [2.45, 2.75) is 271 Å². The molecule has 0 aromatic heterocycles. The van der Waals surface area contributed by atoms with Crippen LogP contribution in [-0.4, -0.2) is 0 Å². The van der Waals surface area contributed by atoms with Crippen molar-refractivity contribution in [2.24, 2.45) is 0 Å². The van der Waals surface area contributed by atoms with Crippen molar-refractivity contribution >= 4 is 0 Å². The van der Waals surface area contributed by atoms with Crippen LogP contribution in [0.15, 0.2) is 109 Å². The number of benzene rings is 6. The molecule has 78 heavy (non-hydrogen) atoms. The average molecular weight is 1040 g/mol. The van der Waals surface area contributed by atoms with Gasteiger partial charge in [0.25, 0.3) is 0 Å². The first-order valence-electron chi connectivity index (χ1n) is 32.9. The molecule has 0 bridgehead atoms. The number of hydrogen-bond acceptors (Lipinski definition) is 0. The van der Waals surface area contributed by atoms with Crippen molar-refractivity contribution in [3.63, 3.8) is 0 Å². The van der Waals surface area contributed by atoms with Crippen molar-refractivity contribution in [3.05, 3.63) is 165 Å². The summed E-state index contributed by atoms with van der Waals surface area (Å²) in [6.07, 6.45) is 40.7. The minimum Gasteiger partial charge on any atom is -0.0654 e. The van der Waals surface area contributed by atoms with Gasteiger partial charge in [-0.15, -0.1) is 0 Å². The van der Waals surface area contributed by atoms with Crippen LogP contribution >= 0.6 is 0 Å². The topological polar surface area (TPSA) is 0 Å². The van der Waals surface area contributed by atoms with Crippen LogP contribution in [0.4, 0.5) is 0 Å². The Balaban J connectivity index is 1.12. The highest BCUT2D eigenvalue weighted by Crippen LogP contribution is 2.60. The lowest BCUT2D eigenvalue weighted by Crippen LogP contribution is -2.29. The van der Waals surface area contributed by atoms with Gasteiger partial charge in [-0.2, -0.15) is 0 Å². The molecule has 3 aliphatic carbocycles. The van der Waals surface area contributed by atoms with Crippen LogP contribution in [0.25, 0.3) is 44.5 Å². The van der Waals surface area contributed by atoms with Gasteiger partial charge in [0, 0.05) is 16.2 Å². The van der Waals surface area contributed by atoms with Gasteiger partial charge in [-0.05, 0) is 156 Å². The second-order valence-electron chi connectivity index (χ2n) is 25.9. The van der Waals surface area contributed by atoms with Gasteiger partial charge in [-0.25, -0.2) is 0 Å². The first-order valence-corrected chi connectivity index (χ1v) is 32.9.